The van der Waals surface area contributed by atoms with Crippen molar-refractivity contribution in [3.8, 4) is 28.6 Å². The number of carbonyl (C=O) groups excluding carboxylic acids is 1. The minimum atomic E-state index is -0.259. The van der Waals surface area contributed by atoms with Gasteiger partial charge in [0.05, 0.1) is 26.9 Å². The molecule has 1 amide bonds. The van der Waals surface area contributed by atoms with Crippen molar-refractivity contribution in [1.29, 1.82) is 0 Å². The molecule has 8 heteroatoms. The molecule has 0 radical (unpaired) electrons. The molecule has 0 aliphatic rings. The number of methoxy groups -OCH3 is 2. The number of nitrogens with one attached hydrogen (secondary N) is 1. The van der Waals surface area contributed by atoms with E-state index in [2.05, 4.69) is 15.5 Å². The largest absolute Gasteiger partial charge is 0.493 e. The van der Waals surface area contributed by atoms with Crippen LogP contribution in [0.2, 0.25) is 0 Å². The van der Waals surface area contributed by atoms with E-state index in [4.69, 9.17) is 18.7 Å². The van der Waals surface area contributed by atoms with Gasteiger partial charge in [-0.2, -0.15) is 4.98 Å². The van der Waals surface area contributed by atoms with Gasteiger partial charge in [0.15, 0.2) is 11.5 Å². The lowest BCUT2D eigenvalue weighted by atomic mass is 10.2. The lowest BCUT2D eigenvalue weighted by Gasteiger charge is -2.10. The van der Waals surface area contributed by atoms with Crippen molar-refractivity contribution < 1.29 is 23.5 Å². The first kappa shape index (κ1) is 20.2. The van der Waals surface area contributed by atoms with E-state index in [1.807, 2.05) is 19.9 Å². The van der Waals surface area contributed by atoms with E-state index in [9.17, 15) is 4.79 Å². The highest BCUT2D eigenvalue weighted by molar-refractivity contribution is 5.94. The van der Waals surface area contributed by atoms with Gasteiger partial charge in [0.2, 0.25) is 11.7 Å². The lowest BCUT2D eigenvalue weighted by molar-refractivity contribution is 0.0945. The molecule has 1 N–H and O–H groups in total. The summed E-state index contributed by atoms with van der Waals surface area (Å²) in [4.78, 5) is 16.7. The maximum Gasteiger partial charge on any atom is 0.251 e. The quantitative estimate of drug-likeness (QED) is 0.622. The number of hydrogen-bond acceptors (Lipinski definition) is 7. The summed E-state index contributed by atoms with van der Waals surface area (Å²) in [6.07, 6.45) is 0.0294. The highest BCUT2D eigenvalue weighted by Crippen LogP contribution is 2.31. The maximum absolute atomic E-state index is 12.4. The van der Waals surface area contributed by atoms with Crippen LogP contribution in [0, 0.1) is 0 Å². The number of amides is 1. The minimum Gasteiger partial charge on any atom is -0.493 e. The Hall–Kier alpha value is -3.55. The number of benzene rings is 2. The predicted molar refractivity (Wildman–Crippen MR) is 106 cm³/mol. The van der Waals surface area contributed by atoms with Crippen molar-refractivity contribution in [2.75, 3.05) is 14.2 Å². The van der Waals surface area contributed by atoms with Gasteiger partial charge in [0.1, 0.15) is 5.75 Å². The van der Waals surface area contributed by atoms with Gasteiger partial charge in [-0.05, 0) is 50.2 Å². The Morgan fingerprint density at radius 1 is 1.10 bits per heavy atom. The van der Waals surface area contributed by atoms with Gasteiger partial charge in [0.25, 0.3) is 5.91 Å². The molecule has 0 aliphatic heterocycles. The van der Waals surface area contributed by atoms with Gasteiger partial charge in [-0.3, -0.25) is 4.79 Å². The van der Waals surface area contributed by atoms with E-state index in [1.165, 1.54) is 0 Å². The average molecular weight is 397 g/mol. The second kappa shape index (κ2) is 9.09. The summed E-state index contributed by atoms with van der Waals surface area (Å²) in [6.45, 7) is 3.96. The van der Waals surface area contributed by atoms with Crippen molar-refractivity contribution in [3.05, 3.63) is 53.9 Å². The molecule has 0 unspecified atom stereocenters. The first-order valence-corrected chi connectivity index (χ1v) is 9.10. The smallest absolute Gasteiger partial charge is 0.251 e. The van der Waals surface area contributed by atoms with Gasteiger partial charge in [-0.25, -0.2) is 0 Å². The lowest BCUT2D eigenvalue weighted by Crippen LogP contribution is -2.23. The normalized spacial score (nSPS) is 10.7. The zero-order valence-electron chi connectivity index (χ0n) is 16.8. The molecule has 29 heavy (non-hydrogen) atoms. The standard InChI is InChI=1S/C21H23N3O5/c1-13(2)28-16-7-5-6-15(10-16)21(25)22-12-19-23-20(24-29-19)14-8-9-17(26-3)18(11-14)27-4/h5-11,13H,12H2,1-4H3,(H,22,25). The van der Waals surface area contributed by atoms with Crippen LogP contribution in [-0.4, -0.2) is 36.4 Å². The summed E-state index contributed by atoms with van der Waals surface area (Å²) >= 11 is 0. The molecule has 2 aromatic carbocycles. The summed E-state index contributed by atoms with van der Waals surface area (Å²) < 4.78 is 21.4. The van der Waals surface area contributed by atoms with Crippen LogP contribution >= 0.6 is 0 Å². The first-order valence-electron chi connectivity index (χ1n) is 9.10. The van der Waals surface area contributed by atoms with Gasteiger partial charge in [-0.1, -0.05) is 11.2 Å². The molecular formula is C21H23N3O5. The Balaban J connectivity index is 1.66. The maximum atomic E-state index is 12.4. The molecule has 152 valence electrons. The Morgan fingerprint density at radius 2 is 1.90 bits per heavy atom. The van der Waals surface area contributed by atoms with Crippen molar-refractivity contribution in [1.82, 2.24) is 15.5 Å². The molecule has 1 aromatic heterocycles. The second-order valence-electron chi connectivity index (χ2n) is 6.46. The number of carbonyl (C=O) groups is 1. The molecule has 3 rings (SSSR count). The van der Waals surface area contributed by atoms with E-state index in [0.29, 0.717) is 34.2 Å². The molecule has 8 nitrogen and oxygen atoms in total. The van der Waals surface area contributed by atoms with Crippen LogP contribution in [0.25, 0.3) is 11.4 Å². The number of rotatable bonds is 8. The summed E-state index contributed by atoms with van der Waals surface area (Å²) in [5.74, 6) is 2.23. The Bertz CT molecular complexity index is 984. The predicted octanol–water partition coefficient (Wildman–Crippen LogP) is 3.47. The molecule has 0 saturated carbocycles. The zero-order chi connectivity index (χ0) is 20.8. The molecule has 0 fully saturated rings. The molecule has 0 saturated heterocycles. The third-order valence-corrected chi connectivity index (χ3v) is 3.98. The fourth-order valence-electron chi connectivity index (χ4n) is 2.66. The van der Waals surface area contributed by atoms with E-state index >= 15 is 0 Å². The summed E-state index contributed by atoms with van der Waals surface area (Å²) in [7, 11) is 3.12. The first-order chi connectivity index (χ1) is 14.0. The third-order valence-electron chi connectivity index (χ3n) is 3.98. The molecule has 1 heterocycles. The van der Waals surface area contributed by atoms with Crippen LogP contribution in [0.15, 0.2) is 47.0 Å². The van der Waals surface area contributed by atoms with Crippen molar-refractivity contribution in [2.24, 2.45) is 0 Å². The number of aromatic nitrogens is 2. The number of hydrogen-bond donors (Lipinski definition) is 1. The molecule has 0 bridgehead atoms. The van der Waals surface area contributed by atoms with E-state index in [-0.39, 0.29) is 24.4 Å². The SMILES string of the molecule is COc1ccc(-c2noc(CNC(=O)c3cccc(OC(C)C)c3)n2)cc1OC. The molecular weight excluding hydrogens is 374 g/mol. The van der Waals surface area contributed by atoms with Crippen molar-refractivity contribution in [3.63, 3.8) is 0 Å². The van der Waals surface area contributed by atoms with Gasteiger partial charge in [0, 0.05) is 11.1 Å². The fourth-order valence-corrected chi connectivity index (χ4v) is 2.66. The number of nitrogens with zero attached hydrogens (tertiary/aromatic N) is 2. The molecule has 0 atom stereocenters. The topological polar surface area (TPSA) is 95.7 Å². The van der Waals surface area contributed by atoms with Crippen LogP contribution in [0.4, 0.5) is 0 Å². The third kappa shape index (κ3) is 5.04. The number of ether oxygens (including phenoxy) is 3. The van der Waals surface area contributed by atoms with Crippen LogP contribution in [0.1, 0.15) is 30.1 Å². The van der Waals surface area contributed by atoms with E-state index in [1.54, 1.807) is 50.6 Å². The fraction of sp³-hybridized carbons (Fsp3) is 0.286. The van der Waals surface area contributed by atoms with Crippen molar-refractivity contribution >= 4 is 5.91 Å². The Morgan fingerprint density at radius 3 is 2.62 bits per heavy atom. The van der Waals surface area contributed by atoms with Crippen LogP contribution in [0.5, 0.6) is 17.2 Å². The zero-order valence-corrected chi connectivity index (χ0v) is 16.8. The average Bonchev–Trinajstić information content (AvgIpc) is 3.20. The van der Waals surface area contributed by atoms with Gasteiger partial charge in [-0.15, -0.1) is 0 Å². The summed E-state index contributed by atoms with van der Waals surface area (Å²) in [6, 6.07) is 12.3. The minimum absolute atomic E-state index is 0.0294. The van der Waals surface area contributed by atoms with E-state index < -0.39 is 0 Å². The molecule has 0 aliphatic carbocycles. The highest BCUT2D eigenvalue weighted by atomic mass is 16.5. The van der Waals surface area contributed by atoms with E-state index in [0.717, 1.165) is 0 Å². The summed E-state index contributed by atoms with van der Waals surface area (Å²) in [5, 5.41) is 6.73. The van der Waals surface area contributed by atoms with Crippen LogP contribution < -0.4 is 19.5 Å². The highest BCUT2D eigenvalue weighted by Gasteiger charge is 2.14. The molecule has 0 spiro atoms. The summed E-state index contributed by atoms with van der Waals surface area (Å²) in [5.41, 5.74) is 1.20. The molecule has 3 aromatic rings. The Labute approximate surface area is 168 Å². The Kier molecular flexibility index (Phi) is 6.33. The van der Waals surface area contributed by atoms with Gasteiger partial charge < -0.3 is 24.1 Å². The van der Waals surface area contributed by atoms with Crippen LogP contribution in [-0.2, 0) is 6.54 Å². The van der Waals surface area contributed by atoms with Gasteiger partial charge >= 0.3 is 0 Å². The monoisotopic (exact) mass is 397 g/mol. The second-order valence-corrected chi connectivity index (χ2v) is 6.46. The van der Waals surface area contributed by atoms with Crippen LogP contribution in [0.3, 0.4) is 0 Å². The van der Waals surface area contributed by atoms with Crippen molar-refractivity contribution in [2.45, 2.75) is 26.5 Å².